The van der Waals surface area contributed by atoms with E-state index in [9.17, 15) is 0 Å². The molecule has 0 aliphatic heterocycles. The van der Waals surface area contributed by atoms with E-state index in [0.29, 0.717) is 10.5 Å². The molecule has 0 aromatic heterocycles. The molecule has 0 radical (unpaired) electrons. The van der Waals surface area contributed by atoms with E-state index in [4.69, 9.17) is 10.2 Å². The molecule has 2 nitrogen and oxygen atoms in total. The standard InChI is InChI=1S/C12H26O2S2/c1-3-5-11(7-9-13)15-16-12(6-4-2)8-10-14/h11-14H,3-10H2,1-2H3/t11-,12+. The minimum absolute atomic E-state index is 0.288. The highest BCUT2D eigenvalue weighted by Gasteiger charge is 2.13. The van der Waals surface area contributed by atoms with Crippen LogP contribution in [-0.4, -0.2) is 33.9 Å². The van der Waals surface area contributed by atoms with Crippen molar-refractivity contribution in [3.05, 3.63) is 0 Å². The second kappa shape index (κ2) is 12.1. The maximum Gasteiger partial charge on any atom is 0.0441 e. The Morgan fingerprint density at radius 3 is 1.38 bits per heavy atom. The van der Waals surface area contributed by atoms with Crippen molar-refractivity contribution in [3.8, 4) is 0 Å². The number of rotatable bonds is 11. The molecule has 0 spiro atoms. The molecule has 0 fully saturated rings. The van der Waals surface area contributed by atoms with Gasteiger partial charge in [0.25, 0.3) is 0 Å². The van der Waals surface area contributed by atoms with E-state index in [1.165, 1.54) is 25.7 Å². The summed E-state index contributed by atoms with van der Waals surface area (Å²) in [4.78, 5) is 0. The van der Waals surface area contributed by atoms with Crippen LogP contribution in [0, 0.1) is 0 Å². The summed E-state index contributed by atoms with van der Waals surface area (Å²) in [5, 5.41) is 19.1. The summed E-state index contributed by atoms with van der Waals surface area (Å²) in [6.45, 7) is 4.95. The third-order valence-electron chi connectivity index (χ3n) is 2.45. The molecule has 0 aliphatic carbocycles. The summed E-state index contributed by atoms with van der Waals surface area (Å²) in [5.74, 6) is 0. The van der Waals surface area contributed by atoms with Gasteiger partial charge in [0.05, 0.1) is 0 Å². The van der Waals surface area contributed by atoms with Crippen molar-refractivity contribution >= 4 is 21.6 Å². The molecule has 0 aromatic carbocycles. The molecule has 0 unspecified atom stereocenters. The Labute approximate surface area is 108 Å². The van der Waals surface area contributed by atoms with Gasteiger partial charge in [-0.1, -0.05) is 48.3 Å². The number of hydrogen-bond donors (Lipinski definition) is 2. The largest absolute Gasteiger partial charge is 0.396 e. The van der Waals surface area contributed by atoms with Crippen LogP contribution in [0.3, 0.4) is 0 Å². The summed E-state index contributed by atoms with van der Waals surface area (Å²) in [5.41, 5.74) is 0. The van der Waals surface area contributed by atoms with E-state index < -0.39 is 0 Å². The van der Waals surface area contributed by atoms with Crippen LogP contribution < -0.4 is 0 Å². The van der Waals surface area contributed by atoms with Crippen molar-refractivity contribution in [2.45, 2.75) is 62.9 Å². The van der Waals surface area contributed by atoms with E-state index in [1.54, 1.807) is 0 Å². The molecule has 0 aliphatic rings. The lowest BCUT2D eigenvalue weighted by molar-refractivity contribution is 0.284. The van der Waals surface area contributed by atoms with Gasteiger partial charge in [0.2, 0.25) is 0 Å². The zero-order chi connectivity index (χ0) is 12.2. The lowest BCUT2D eigenvalue weighted by Gasteiger charge is -2.18. The molecule has 0 bridgehead atoms. The smallest absolute Gasteiger partial charge is 0.0441 e. The highest BCUT2D eigenvalue weighted by Crippen LogP contribution is 2.37. The van der Waals surface area contributed by atoms with Gasteiger partial charge >= 0.3 is 0 Å². The minimum atomic E-state index is 0.288. The Bertz CT molecular complexity index is 117. The van der Waals surface area contributed by atoms with Gasteiger partial charge < -0.3 is 10.2 Å². The molecule has 2 atom stereocenters. The average Bonchev–Trinajstić information content (AvgIpc) is 2.27. The summed E-state index contributed by atoms with van der Waals surface area (Å²) >= 11 is 0. The van der Waals surface area contributed by atoms with Gasteiger partial charge in [-0.15, -0.1) is 0 Å². The van der Waals surface area contributed by atoms with E-state index in [1.807, 2.05) is 21.6 Å². The Hall–Kier alpha value is 0.620. The highest BCUT2D eigenvalue weighted by molar-refractivity contribution is 8.77. The zero-order valence-corrected chi connectivity index (χ0v) is 12.2. The first-order valence-electron chi connectivity index (χ1n) is 6.32. The predicted octanol–water partition coefficient (Wildman–Crippen LogP) is 3.47. The maximum atomic E-state index is 8.97. The lowest BCUT2D eigenvalue weighted by atomic mass is 10.2. The quantitative estimate of drug-likeness (QED) is 0.562. The second-order valence-electron chi connectivity index (χ2n) is 4.04. The van der Waals surface area contributed by atoms with Gasteiger partial charge in [0.1, 0.15) is 0 Å². The first-order valence-corrected chi connectivity index (χ1v) is 8.59. The summed E-state index contributed by atoms with van der Waals surface area (Å²) in [6.07, 6.45) is 6.49. The number of aliphatic hydroxyl groups is 2. The van der Waals surface area contributed by atoms with Gasteiger partial charge in [-0.3, -0.25) is 0 Å². The van der Waals surface area contributed by atoms with Crippen LogP contribution in [0.2, 0.25) is 0 Å². The minimum Gasteiger partial charge on any atom is -0.396 e. The third-order valence-corrected chi connectivity index (χ3v) is 6.02. The molecule has 0 saturated heterocycles. The van der Waals surface area contributed by atoms with Crippen LogP contribution in [0.4, 0.5) is 0 Å². The Morgan fingerprint density at radius 2 is 1.12 bits per heavy atom. The van der Waals surface area contributed by atoms with Crippen molar-refractivity contribution < 1.29 is 10.2 Å². The fourth-order valence-electron chi connectivity index (χ4n) is 1.57. The predicted molar refractivity (Wildman–Crippen MR) is 76.0 cm³/mol. The van der Waals surface area contributed by atoms with Crippen molar-refractivity contribution in [2.75, 3.05) is 13.2 Å². The summed E-state index contributed by atoms with van der Waals surface area (Å²) in [6, 6.07) is 0. The number of aliphatic hydroxyl groups excluding tert-OH is 2. The molecular formula is C12H26O2S2. The summed E-state index contributed by atoms with van der Waals surface area (Å²) < 4.78 is 0. The molecule has 98 valence electrons. The fourth-order valence-corrected chi connectivity index (χ4v) is 5.05. The zero-order valence-electron chi connectivity index (χ0n) is 10.5. The van der Waals surface area contributed by atoms with Crippen molar-refractivity contribution in [3.63, 3.8) is 0 Å². The van der Waals surface area contributed by atoms with Gasteiger partial charge in [-0.2, -0.15) is 0 Å². The molecule has 0 rings (SSSR count). The van der Waals surface area contributed by atoms with Crippen molar-refractivity contribution in [2.24, 2.45) is 0 Å². The highest BCUT2D eigenvalue weighted by atomic mass is 33.1. The number of hydrogen-bond acceptors (Lipinski definition) is 4. The third kappa shape index (κ3) is 8.74. The van der Waals surface area contributed by atoms with Crippen LogP contribution in [-0.2, 0) is 0 Å². The van der Waals surface area contributed by atoms with Gasteiger partial charge in [-0.25, -0.2) is 0 Å². The molecule has 2 N–H and O–H groups in total. The molecule has 0 heterocycles. The monoisotopic (exact) mass is 266 g/mol. The molecule has 0 saturated carbocycles. The van der Waals surface area contributed by atoms with Crippen LogP contribution in [0.5, 0.6) is 0 Å². The summed E-state index contributed by atoms with van der Waals surface area (Å²) in [7, 11) is 3.81. The Morgan fingerprint density at radius 1 is 0.750 bits per heavy atom. The molecule has 0 amide bonds. The topological polar surface area (TPSA) is 40.5 Å². The van der Waals surface area contributed by atoms with Crippen molar-refractivity contribution in [1.82, 2.24) is 0 Å². The first kappa shape index (κ1) is 16.6. The SMILES string of the molecule is CCC[C@H](CCO)SS[C@@H](CCC)CCO. The first-order chi connectivity index (χ1) is 7.78. The van der Waals surface area contributed by atoms with Gasteiger partial charge in [0.15, 0.2) is 0 Å². The van der Waals surface area contributed by atoms with Crippen molar-refractivity contribution in [1.29, 1.82) is 0 Å². The normalized spacial score (nSPS) is 15.0. The van der Waals surface area contributed by atoms with Crippen LogP contribution >= 0.6 is 21.6 Å². The van der Waals surface area contributed by atoms with Gasteiger partial charge in [0, 0.05) is 23.7 Å². The Balaban J connectivity index is 3.83. The van der Waals surface area contributed by atoms with E-state index in [0.717, 1.165) is 12.8 Å². The van der Waals surface area contributed by atoms with E-state index in [-0.39, 0.29) is 13.2 Å². The van der Waals surface area contributed by atoms with E-state index in [2.05, 4.69) is 13.8 Å². The van der Waals surface area contributed by atoms with Gasteiger partial charge in [-0.05, 0) is 25.7 Å². The molecule has 0 aromatic rings. The van der Waals surface area contributed by atoms with Crippen LogP contribution in [0.1, 0.15) is 52.4 Å². The average molecular weight is 266 g/mol. The maximum absolute atomic E-state index is 8.97. The van der Waals surface area contributed by atoms with Crippen LogP contribution in [0.15, 0.2) is 0 Å². The lowest BCUT2D eigenvalue weighted by Crippen LogP contribution is -2.07. The fraction of sp³-hybridized carbons (Fsp3) is 1.00. The molecule has 4 heteroatoms. The Kier molecular flexibility index (Phi) is 12.6. The van der Waals surface area contributed by atoms with Crippen LogP contribution in [0.25, 0.3) is 0 Å². The molecular weight excluding hydrogens is 240 g/mol. The molecule has 16 heavy (non-hydrogen) atoms. The van der Waals surface area contributed by atoms with E-state index >= 15 is 0 Å². The second-order valence-corrected chi connectivity index (χ2v) is 6.91.